The van der Waals surface area contributed by atoms with E-state index in [1.807, 2.05) is 0 Å². The van der Waals surface area contributed by atoms with E-state index >= 15 is 0 Å². The van der Waals surface area contributed by atoms with Crippen molar-refractivity contribution in [2.24, 2.45) is 11.3 Å². The molecule has 0 aromatic rings. The van der Waals surface area contributed by atoms with Crippen molar-refractivity contribution in [3.05, 3.63) is 0 Å². The monoisotopic (exact) mass is 475 g/mol. The Balaban J connectivity index is 1.70. The lowest BCUT2D eigenvalue weighted by molar-refractivity contribution is -0.169. The average Bonchev–Trinajstić information content (AvgIpc) is 3.04. The van der Waals surface area contributed by atoms with E-state index in [-0.39, 0.29) is 42.7 Å². The van der Waals surface area contributed by atoms with Gasteiger partial charge in [0.25, 0.3) is 0 Å². The van der Waals surface area contributed by atoms with Gasteiger partial charge in [-0.05, 0) is 13.3 Å². The number of fused-ring (bicyclic) bond motifs is 1. The highest BCUT2D eigenvalue weighted by Crippen LogP contribution is 2.45. The molecule has 2 heterocycles. The van der Waals surface area contributed by atoms with Crippen molar-refractivity contribution in [1.29, 1.82) is 0 Å². The van der Waals surface area contributed by atoms with E-state index in [4.69, 9.17) is 0 Å². The Kier molecular flexibility index (Phi) is 8.91. The van der Waals surface area contributed by atoms with Gasteiger partial charge < -0.3 is 36.0 Å². The van der Waals surface area contributed by atoms with Gasteiger partial charge in [-0.2, -0.15) is 11.8 Å². The van der Waals surface area contributed by atoms with Crippen LogP contribution in [-0.4, -0.2) is 104 Å². The van der Waals surface area contributed by atoms with Crippen LogP contribution in [0, 0.1) is 11.3 Å². The highest BCUT2D eigenvalue weighted by Gasteiger charge is 2.61. The summed E-state index contributed by atoms with van der Waals surface area (Å²) in [5.74, 6) is -2.49. The number of rotatable bonds is 12. The summed E-state index contributed by atoms with van der Waals surface area (Å²) in [7, 11) is 0. The Labute approximate surface area is 190 Å². The van der Waals surface area contributed by atoms with Gasteiger partial charge in [0.05, 0.1) is 18.6 Å². The summed E-state index contributed by atoms with van der Waals surface area (Å²) in [4.78, 5) is 49.0. The van der Waals surface area contributed by atoms with Crippen molar-refractivity contribution >= 4 is 35.5 Å². The summed E-state index contributed by atoms with van der Waals surface area (Å²) in [6.07, 6.45) is -1.73. The van der Waals surface area contributed by atoms with Crippen LogP contribution in [0.25, 0.3) is 0 Å². The lowest BCUT2D eigenvalue weighted by Crippen LogP contribution is -2.64. The molecule has 12 heteroatoms. The first kappa shape index (κ1) is 26.4. The number of hydrogen-bond donors (Lipinski definition) is 6. The van der Waals surface area contributed by atoms with Crippen LogP contribution in [0.3, 0.4) is 0 Å². The molecular weight excluding hydrogens is 442 g/mol. The molecule has 0 spiro atoms. The molecule has 182 valence electrons. The minimum atomic E-state index is -1.40. The topological polar surface area (TPSA) is 176 Å². The summed E-state index contributed by atoms with van der Waals surface area (Å²) in [6, 6.07) is -1.21. The van der Waals surface area contributed by atoms with Crippen molar-refractivity contribution in [2.75, 3.05) is 25.4 Å². The minimum Gasteiger partial charge on any atom is -0.480 e. The second-order valence-electron chi connectivity index (χ2n) is 8.95. The van der Waals surface area contributed by atoms with E-state index in [0.29, 0.717) is 18.7 Å². The third kappa shape index (κ3) is 5.72. The molecule has 0 unspecified atom stereocenters. The van der Waals surface area contributed by atoms with Gasteiger partial charge in [0, 0.05) is 42.0 Å². The first-order valence-electron chi connectivity index (χ1n) is 10.6. The van der Waals surface area contributed by atoms with Crippen molar-refractivity contribution in [2.45, 2.75) is 63.2 Å². The van der Waals surface area contributed by atoms with E-state index in [1.54, 1.807) is 13.8 Å². The maximum absolute atomic E-state index is 12.2. The van der Waals surface area contributed by atoms with Gasteiger partial charge >= 0.3 is 5.97 Å². The van der Waals surface area contributed by atoms with Crippen molar-refractivity contribution in [3.8, 4) is 0 Å². The second kappa shape index (κ2) is 10.8. The molecule has 2 aliphatic heterocycles. The molecule has 32 heavy (non-hydrogen) atoms. The quantitative estimate of drug-likeness (QED) is 0.140. The van der Waals surface area contributed by atoms with Gasteiger partial charge in [0.2, 0.25) is 17.7 Å². The largest absolute Gasteiger partial charge is 0.480 e. The van der Waals surface area contributed by atoms with E-state index in [2.05, 4.69) is 10.6 Å². The smallest absolute Gasteiger partial charge is 0.327 e. The number of aliphatic hydroxyl groups excluding tert-OH is 3. The van der Waals surface area contributed by atoms with Crippen LogP contribution in [0.4, 0.5) is 0 Å². The van der Waals surface area contributed by atoms with Crippen molar-refractivity contribution in [3.63, 3.8) is 0 Å². The highest BCUT2D eigenvalue weighted by atomic mass is 32.2. The number of aliphatic hydroxyl groups is 3. The lowest BCUT2D eigenvalue weighted by Gasteiger charge is -2.45. The average molecular weight is 476 g/mol. The molecule has 2 aliphatic rings. The van der Waals surface area contributed by atoms with Gasteiger partial charge in [-0.3, -0.25) is 14.4 Å². The number of amides is 3. The van der Waals surface area contributed by atoms with Gasteiger partial charge in [0.15, 0.2) is 0 Å². The number of carbonyl (C=O) groups is 4. The molecule has 0 aromatic heterocycles. The van der Waals surface area contributed by atoms with Crippen LogP contribution in [0.2, 0.25) is 0 Å². The van der Waals surface area contributed by atoms with E-state index in [0.717, 1.165) is 0 Å². The zero-order valence-electron chi connectivity index (χ0n) is 18.5. The Morgan fingerprint density at radius 3 is 2.44 bits per heavy atom. The number of carbonyl (C=O) groups excluding carboxylic acids is 3. The summed E-state index contributed by atoms with van der Waals surface area (Å²) >= 11 is 1.37. The SMILES string of the molecule is C[C@H](O)[C@@H]1C(=O)N2[C@@H]1C[C@H](SCCNC(=O)CCNC(=O)[C@H](O)C(C)(C)CO)[C@@H]2C(=O)O. The van der Waals surface area contributed by atoms with Crippen LogP contribution >= 0.6 is 11.8 Å². The summed E-state index contributed by atoms with van der Waals surface area (Å²) in [5, 5.41) is 43.2. The molecule has 0 aliphatic carbocycles. The number of thioether (sulfide) groups is 1. The fraction of sp³-hybridized carbons (Fsp3) is 0.800. The molecule has 0 saturated carbocycles. The zero-order valence-corrected chi connectivity index (χ0v) is 19.3. The molecule has 11 nitrogen and oxygen atoms in total. The summed E-state index contributed by atoms with van der Waals surface area (Å²) in [5.41, 5.74) is -0.993. The molecule has 0 bridgehead atoms. The standard InChI is InChI=1S/C20H33N3O8S/c1-10(25)14-11-8-12(15(19(30)31)23(11)18(14)29)32-7-6-21-13(26)4-5-22-17(28)16(27)20(2,3)9-24/h10-12,14-16,24-25,27H,4-9H2,1-3H3,(H,21,26)(H,22,28)(H,30,31)/t10-,11+,12-,14-,15+,16-/m0/s1. The fourth-order valence-electron chi connectivity index (χ4n) is 4.03. The molecule has 0 aromatic carbocycles. The molecule has 3 amide bonds. The third-order valence-electron chi connectivity index (χ3n) is 6.01. The second-order valence-corrected chi connectivity index (χ2v) is 10.3. The number of nitrogens with zero attached hydrogens (tertiary/aromatic N) is 1. The summed E-state index contributed by atoms with van der Waals surface area (Å²) < 4.78 is 0. The Morgan fingerprint density at radius 2 is 1.88 bits per heavy atom. The number of carboxylic acid groups (broad SMARTS) is 1. The predicted molar refractivity (Wildman–Crippen MR) is 116 cm³/mol. The molecule has 2 fully saturated rings. The number of carboxylic acids is 1. The zero-order chi connectivity index (χ0) is 24.2. The molecule has 2 rings (SSSR count). The van der Waals surface area contributed by atoms with Gasteiger partial charge in [-0.25, -0.2) is 4.79 Å². The van der Waals surface area contributed by atoms with E-state index in [9.17, 15) is 39.6 Å². The maximum atomic E-state index is 12.2. The van der Waals surface area contributed by atoms with Crippen molar-refractivity contribution in [1.82, 2.24) is 15.5 Å². The van der Waals surface area contributed by atoms with Crippen LogP contribution in [0.1, 0.15) is 33.6 Å². The van der Waals surface area contributed by atoms with E-state index in [1.165, 1.54) is 23.6 Å². The summed E-state index contributed by atoms with van der Waals surface area (Å²) in [6.45, 7) is 4.57. The number of β-lactam (4-membered cyclic amide) rings is 1. The Bertz CT molecular complexity index is 732. The Hall–Kier alpha value is -1.89. The minimum absolute atomic E-state index is 0.00425. The van der Waals surface area contributed by atoms with Gasteiger partial charge in [0.1, 0.15) is 12.1 Å². The molecule has 6 N–H and O–H groups in total. The molecule has 2 saturated heterocycles. The van der Waals surface area contributed by atoms with E-state index < -0.39 is 41.5 Å². The molecule has 0 radical (unpaired) electrons. The maximum Gasteiger partial charge on any atom is 0.327 e. The predicted octanol–water partition coefficient (Wildman–Crippen LogP) is -1.85. The van der Waals surface area contributed by atoms with Crippen LogP contribution < -0.4 is 10.6 Å². The number of nitrogens with one attached hydrogen (secondary N) is 2. The fourth-order valence-corrected chi connectivity index (χ4v) is 5.32. The third-order valence-corrected chi connectivity index (χ3v) is 7.33. The van der Waals surface area contributed by atoms with Gasteiger partial charge in [-0.1, -0.05) is 13.8 Å². The van der Waals surface area contributed by atoms with Crippen LogP contribution in [0.15, 0.2) is 0 Å². The lowest BCUT2D eigenvalue weighted by atomic mass is 9.84. The first-order valence-corrected chi connectivity index (χ1v) is 11.6. The van der Waals surface area contributed by atoms with Crippen molar-refractivity contribution < 1.29 is 39.6 Å². The first-order chi connectivity index (χ1) is 14.9. The van der Waals surface area contributed by atoms with Crippen LogP contribution in [0.5, 0.6) is 0 Å². The highest BCUT2D eigenvalue weighted by molar-refractivity contribution is 8.00. The molecule has 6 atom stereocenters. The number of aliphatic carboxylic acids is 1. The molecular formula is C20H33N3O8S. The van der Waals surface area contributed by atoms with Gasteiger partial charge in [-0.15, -0.1) is 0 Å². The van der Waals surface area contributed by atoms with Crippen LogP contribution in [-0.2, 0) is 19.2 Å². The number of hydrogen-bond acceptors (Lipinski definition) is 8. The Morgan fingerprint density at radius 1 is 1.22 bits per heavy atom. The normalized spacial score (nSPS) is 26.7.